The van der Waals surface area contributed by atoms with Crippen molar-refractivity contribution in [3.63, 3.8) is 0 Å². The van der Waals surface area contributed by atoms with E-state index in [1.165, 1.54) is 0 Å². The predicted octanol–water partition coefficient (Wildman–Crippen LogP) is 5.58. The van der Waals surface area contributed by atoms with Crippen LogP contribution in [-0.2, 0) is 31.5 Å². The smallest absolute Gasteiger partial charge is 0.407 e. The minimum Gasteiger partial charge on any atom is -0.444 e. The zero-order chi connectivity index (χ0) is 35.8. The highest BCUT2D eigenvalue weighted by molar-refractivity contribution is 7.84. The Morgan fingerprint density at radius 1 is 0.960 bits per heavy atom. The van der Waals surface area contributed by atoms with Gasteiger partial charge >= 0.3 is 6.09 Å². The van der Waals surface area contributed by atoms with Gasteiger partial charge in [0.25, 0.3) is 0 Å². The van der Waals surface area contributed by atoms with Crippen LogP contribution in [0.15, 0.2) is 71.6 Å². The molecule has 5 rings (SSSR count). The molecule has 3 amide bonds. The molecule has 3 aromatic carbocycles. The summed E-state index contributed by atoms with van der Waals surface area (Å²) in [6.45, 7) is 7.97. The Morgan fingerprint density at radius 2 is 1.64 bits per heavy atom. The third kappa shape index (κ3) is 10.1. The molecule has 0 saturated heterocycles. The van der Waals surface area contributed by atoms with Crippen LogP contribution in [0.2, 0.25) is 0 Å². The number of anilines is 1. The first kappa shape index (κ1) is 36.4. The van der Waals surface area contributed by atoms with Crippen LogP contribution in [0.25, 0.3) is 22.5 Å². The zero-order valence-electron chi connectivity index (χ0n) is 29.1. The summed E-state index contributed by atoms with van der Waals surface area (Å²) in [5.74, 6) is -0.0225. The van der Waals surface area contributed by atoms with Crippen LogP contribution in [0.1, 0.15) is 57.6 Å². The van der Waals surface area contributed by atoms with E-state index in [0.717, 1.165) is 45.6 Å². The van der Waals surface area contributed by atoms with Crippen molar-refractivity contribution in [2.75, 3.05) is 18.1 Å². The second-order valence-electron chi connectivity index (χ2n) is 13.8. The molecule has 0 spiro atoms. The monoisotopic (exact) mass is 699 g/mol. The highest BCUT2D eigenvalue weighted by Crippen LogP contribution is 2.30. The molecular weight excluding hydrogens is 655 g/mol. The average Bonchev–Trinajstić information content (AvgIpc) is 3.62. The second-order valence-corrected chi connectivity index (χ2v) is 15.2. The van der Waals surface area contributed by atoms with Crippen LogP contribution in [-0.4, -0.2) is 67.2 Å². The van der Waals surface area contributed by atoms with Crippen LogP contribution in [0.5, 0.6) is 0 Å². The number of aromatic nitrogens is 4. The molecule has 13 heteroatoms. The molecule has 1 unspecified atom stereocenters. The molecule has 0 aliphatic heterocycles. The highest BCUT2D eigenvalue weighted by atomic mass is 32.2. The van der Waals surface area contributed by atoms with Crippen molar-refractivity contribution in [1.82, 2.24) is 31.3 Å². The van der Waals surface area contributed by atoms with E-state index in [1.807, 2.05) is 70.2 Å². The number of hydrogen-bond donors (Lipinski definition) is 4. The van der Waals surface area contributed by atoms with Crippen molar-refractivity contribution in [2.24, 2.45) is 11.8 Å². The number of rotatable bonds is 11. The lowest BCUT2D eigenvalue weighted by Crippen LogP contribution is -2.48. The van der Waals surface area contributed by atoms with Gasteiger partial charge in [0.05, 0.1) is 0 Å². The molecule has 4 aromatic rings. The largest absolute Gasteiger partial charge is 0.444 e. The number of tetrazole rings is 1. The van der Waals surface area contributed by atoms with Crippen molar-refractivity contribution in [3.8, 4) is 22.5 Å². The molecular formula is C37H45N7O5S. The first-order valence-electron chi connectivity index (χ1n) is 16.8. The van der Waals surface area contributed by atoms with E-state index in [9.17, 15) is 18.6 Å². The van der Waals surface area contributed by atoms with Crippen molar-refractivity contribution in [1.29, 1.82) is 0 Å². The summed E-state index contributed by atoms with van der Waals surface area (Å²) in [5.41, 5.74) is 4.71. The minimum absolute atomic E-state index is 0.156. The van der Waals surface area contributed by atoms with Gasteiger partial charge in [0.1, 0.15) is 11.6 Å². The highest BCUT2D eigenvalue weighted by Gasteiger charge is 2.30. The number of nitrogens with one attached hydrogen (secondary N) is 4. The lowest BCUT2D eigenvalue weighted by molar-refractivity contribution is -0.130. The summed E-state index contributed by atoms with van der Waals surface area (Å²) in [7, 11) is -1.06. The summed E-state index contributed by atoms with van der Waals surface area (Å²) >= 11 is 0. The number of hydrogen-bond acceptors (Lipinski definition) is 8. The molecule has 50 heavy (non-hydrogen) atoms. The summed E-state index contributed by atoms with van der Waals surface area (Å²) in [5, 5.41) is 22.8. The van der Waals surface area contributed by atoms with Crippen molar-refractivity contribution in [3.05, 3.63) is 77.9 Å². The maximum atomic E-state index is 13.7. The predicted molar refractivity (Wildman–Crippen MR) is 193 cm³/mol. The number of ether oxygens (including phenoxy) is 1. The lowest BCUT2D eigenvalue weighted by Gasteiger charge is -2.29. The molecule has 264 valence electrons. The first-order chi connectivity index (χ1) is 23.8. The molecule has 1 aromatic heterocycles. The van der Waals surface area contributed by atoms with Gasteiger partial charge in [-0.2, -0.15) is 5.21 Å². The minimum atomic E-state index is -1.06. The lowest BCUT2D eigenvalue weighted by atomic mass is 9.81. The van der Waals surface area contributed by atoms with E-state index in [1.54, 1.807) is 30.5 Å². The average molecular weight is 700 g/mol. The summed E-state index contributed by atoms with van der Waals surface area (Å²) in [4.78, 5) is 40.2. The van der Waals surface area contributed by atoms with Gasteiger partial charge in [-0.25, -0.2) is 4.79 Å². The number of H-pyrrole nitrogens is 1. The molecule has 1 aliphatic carbocycles. The normalized spacial score (nSPS) is 17.3. The molecule has 1 aliphatic rings. The summed E-state index contributed by atoms with van der Waals surface area (Å²) < 4.78 is 17.3. The van der Waals surface area contributed by atoms with E-state index in [0.29, 0.717) is 37.3 Å². The number of carbonyl (C=O) groups excluding carboxylic acids is 3. The third-order valence-electron chi connectivity index (χ3n) is 8.78. The molecule has 1 fully saturated rings. The Bertz CT molecular complexity index is 1800. The fourth-order valence-corrected chi connectivity index (χ4v) is 6.68. The Kier molecular flexibility index (Phi) is 11.8. The fourth-order valence-electron chi connectivity index (χ4n) is 6.08. The van der Waals surface area contributed by atoms with Gasteiger partial charge in [-0.05, 0) is 123 Å². The number of carbonyl (C=O) groups is 3. The number of alkyl carbamates (subject to hydrolysis) is 1. The van der Waals surface area contributed by atoms with Crippen molar-refractivity contribution < 1.29 is 23.3 Å². The number of aryl methyl sites for hydroxylation is 1. The summed E-state index contributed by atoms with van der Waals surface area (Å²) in [6, 6.07) is 20.0. The molecule has 0 bridgehead atoms. The van der Waals surface area contributed by atoms with Crippen LogP contribution in [0, 0.1) is 18.8 Å². The topological polar surface area (TPSA) is 168 Å². The van der Waals surface area contributed by atoms with E-state index in [4.69, 9.17) is 4.74 Å². The number of benzene rings is 3. The molecule has 1 heterocycles. The van der Waals surface area contributed by atoms with E-state index < -0.39 is 28.5 Å². The van der Waals surface area contributed by atoms with Gasteiger partial charge in [0, 0.05) is 52.1 Å². The molecule has 2 atom stereocenters. The standard InChI is InChI=1S/C37H45N7O5S/c1-23-20-30(50(5)48)18-19-31(23)26-10-6-24(7-11-26)21-32(35(46)39-29-16-14-27(15-17-29)33-41-43-44-42-33)40-34(45)28-12-8-25(9-13-28)22-38-36(47)49-37(2,3)4/h6-7,10-11,14-20,25,28,32H,8-9,12-13,21-22H2,1-5H3,(H,38,47)(H,39,46)(H,40,45)(H,41,42,43,44)/t25?,28?,32-,50?/m0/s1. The third-order valence-corrected chi connectivity index (χ3v) is 9.69. The van der Waals surface area contributed by atoms with Crippen molar-refractivity contribution in [2.45, 2.75) is 76.3 Å². The first-order valence-corrected chi connectivity index (χ1v) is 18.4. The molecule has 1 saturated carbocycles. The van der Waals surface area contributed by atoms with Gasteiger partial charge in [-0.1, -0.05) is 30.3 Å². The maximum Gasteiger partial charge on any atom is 0.407 e. The van der Waals surface area contributed by atoms with Gasteiger partial charge in [0.2, 0.25) is 17.6 Å². The van der Waals surface area contributed by atoms with Crippen LogP contribution in [0.4, 0.5) is 10.5 Å². The van der Waals surface area contributed by atoms with Gasteiger partial charge in [-0.15, -0.1) is 10.2 Å². The van der Waals surface area contributed by atoms with Crippen molar-refractivity contribution >= 4 is 34.4 Å². The SMILES string of the molecule is Cc1cc(S(C)=O)ccc1-c1ccc(C[C@H](NC(=O)C2CCC(CNC(=O)OC(C)(C)C)CC2)C(=O)Nc2ccc(-c3nn[nH]n3)cc2)cc1. The zero-order valence-corrected chi connectivity index (χ0v) is 29.9. The van der Waals surface area contributed by atoms with Gasteiger partial charge in [-0.3, -0.25) is 13.8 Å². The van der Waals surface area contributed by atoms with Gasteiger partial charge in [0.15, 0.2) is 0 Å². The van der Waals surface area contributed by atoms with E-state index >= 15 is 0 Å². The van der Waals surface area contributed by atoms with E-state index in [-0.39, 0.29) is 23.7 Å². The van der Waals surface area contributed by atoms with Crippen LogP contribution in [0.3, 0.4) is 0 Å². The Balaban J connectivity index is 1.25. The molecule has 4 N–H and O–H groups in total. The van der Waals surface area contributed by atoms with E-state index in [2.05, 4.69) is 36.6 Å². The quantitative estimate of drug-likeness (QED) is 0.157. The Morgan fingerprint density at radius 3 is 2.24 bits per heavy atom. The molecule has 0 radical (unpaired) electrons. The second kappa shape index (κ2) is 16.2. The number of amides is 3. The number of nitrogens with zero attached hydrogens (tertiary/aromatic N) is 3. The van der Waals surface area contributed by atoms with Crippen LogP contribution >= 0.6 is 0 Å². The Hall–Kier alpha value is -4.91. The number of aromatic amines is 1. The van der Waals surface area contributed by atoms with Gasteiger partial charge < -0.3 is 20.7 Å². The Labute approximate surface area is 295 Å². The fraction of sp³-hybridized carbons (Fsp3) is 0.405. The molecule has 12 nitrogen and oxygen atoms in total. The maximum absolute atomic E-state index is 13.7. The summed E-state index contributed by atoms with van der Waals surface area (Å²) in [6.07, 6.45) is 4.42. The van der Waals surface area contributed by atoms with Crippen LogP contribution < -0.4 is 16.0 Å².